The van der Waals surface area contributed by atoms with Crippen LogP contribution in [0.15, 0.2) is 30.3 Å². The predicted octanol–water partition coefficient (Wildman–Crippen LogP) is 5.88. The number of hydrogen-bond acceptors (Lipinski definition) is 5. The zero-order valence-corrected chi connectivity index (χ0v) is 22.0. The second-order valence-corrected chi connectivity index (χ2v) is 15.5. The summed E-state index contributed by atoms with van der Waals surface area (Å²) in [4.78, 5) is 40.0. The van der Waals surface area contributed by atoms with Crippen molar-refractivity contribution >= 4 is 26.1 Å². The van der Waals surface area contributed by atoms with Gasteiger partial charge < -0.3 is 9.16 Å². The summed E-state index contributed by atoms with van der Waals surface area (Å²) in [5, 5.41) is -0.0854. The fourth-order valence-electron chi connectivity index (χ4n) is 3.75. The summed E-state index contributed by atoms with van der Waals surface area (Å²) >= 11 is 0. The Bertz CT molecular complexity index is 844. The van der Waals surface area contributed by atoms with Crippen LogP contribution in [-0.4, -0.2) is 43.1 Å². The minimum absolute atomic E-state index is 0.0354. The molecular formula is C25H39NO5Si. The number of benzene rings is 1. The maximum atomic E-state index is 13.4. The van der Waals surface area contributed by atoms with Crippen LogP contribution in [0.25, 0.3) is 0 Å². The number of carbonyl (C=O) groups is 3. The van der Waals surface area contributed by atoms with Crippen molar-refractivity contribution in [2.75, 3.05) is 0 Å². The molecule has 1 heterocycles. The highest BCUT2D eigenvalue weighted by molar-refractivity contribution is 6.74. The molecule has 0 N–H and O–H groups in total. The van der Waals surface area contributed by atoms with E-state index < -0.39 is 38.1 Å². The molecule has 7 heteroatoms. The van der Waals surface area contributed by atoms with Crippen molar-refractivity contribution < 1.29 is 23.5 Å². The quantitative estimate of drug-likeness (QED) is 0.452. The maximum Gasteiger partial charge on any atom is 0.417 e. The number of nitrogens with zero attached hydrogens (tertiary/aromatic N) is 1. The van der Waals surface area contributed by atoms with Crippen LogP contribution in [-0.2, 0) is 18.8 Å². The highest BCUT2D eigenvalue weighted by Crippen LogP contribution is 2.41. The average Bonchev–Trinajstić information content (AvgIpc) is 3.00. The monoisotopic (exact) mass is 461 g/mol. The number of cyclic esters (lactones) is 1. The van der Waals surface area contributed by atoms with Crippen molar-refractivity contribution in [2.24, 2.45) is 5.41 Å². The largest absolute Gasteiger partial charge is 0.439 e. The smallest absolute Gasteiger partial charge is 0.417 e. The highest BCUT2D eigenvalue weighted by Gasteiger charge is 2.48. The lowest BCUT2D eigenvalue weighted by atomic mass is 9.79. The number of rotatable bonds is 8. The molecule has 178 valence electrons. The number of carbonyl (C=O) groups excluding carboxylic acids is 3. The van der Waals surface area contributed by atoms with Gasteiger partial charge in [0.2, 0.25) is 5.91 Å². The van der Waals surface area contributed by atoms with Gasteiger partial charge in [-0.25, -0.2) is 9.69 Å². The Labute approximate surface area is 193 Å². The van der Waals surface area contributed by atoms with Crippen molar-refractivity contribution in [3.63, 3.8) is 0 Å². The highest BCUT2D eigenvalue weighted by atomic mass is 28.4. The van der Waals surface area contributed by atoms with Crippen LogP contribution in [0.3, 0.4) is 0 Å². The molecule has 2 amide bonds. The van der Waals surface area contributed by atoms with E-state index >= 15 is 0 Å². The van der Waals surface area contributed by atoms with Crippen LogP contribution >= 0.6 is 0 Å². The topological polar surface area (TPSA) is 72.9 Å². The van der Waals surface area contributed by atoms with Gasteiger partial charge in [0, 0.05) is 11.8 Å². The molecule has 1 aliphatic rings. The molecule has 32 heavy (non-hydrogen) atoms. The fraction of sp³-hybridized carbons (Fsp3) is 0.640. The van der Waals surface area contributed by atoms with E-state index in [1.165, 1.54) is 4.90 Å². The van der Waals surface area contributed by atoms with Crippen LogP contribution in [0.5, 0.6) is 0 Å². The molecule has 1 fully saturated rings. The van der Waals surface area contributed by atoms with E-state index in [9.17, 15) is 14.4 Å². The van der Waals surface area contributed by atoms with Crippen molar-refractivity contribution in [1.29, 1.82) is 0 Å². The lowest BCUT2D eigenvalue weighted by molar-refractivity contribution is -0.137. The molecule has 1 aromatic carbocycles. The Balaban J connectivity index is 2.31. The third-order valence-corrected chi connectivity index (χ3v) is 11.6. The molecule has 0 aliphatic carbocycles. The summed E-state index contributed by atoms with van der Waals surface area (Å²) in [7, 11) is -2.28. The second-order valence-electron chi connectivity index (χ2n) is 10.8. The summed E-state index contributed by atoms with van der Waals surface area (Å²) in [6.45, 7) is 17.9. The number of hydrogen-bond donors (Lipinski definition) is 0. The molecule has 0 aromatic heterocycles. The molecule has 0 unspecified atom stereocenters. The molecule has 1 aliphatic heterocycles. The fourth-order valence-corrected chi connectivity index (χ4v) is 5.20. The van der Waals surface area contributed by atoms with Gasteiger partial charge in [0.15, 0.2) is 8.32 Å². The Morgan fingerprint density at radius 2 is 1.69 bits per heavy atom. The van der Waals surface area contributed by atoms with Gasteiger partial charge in [-0.05, 0) is 30.6 Å². The molecule has 2 rings (SSSR count). The lowest BCUT2D eigenvalue weighted by Crippen LogP contribution is -2.52. The molecule has 3 atom stereocenters. The predicted molar refractivity (Wildman–Crippen MR) is 128 cm³/mol. The van der Waals surface area contributed by atoms with Crippen molar-refractivity contribution in [3.05, 3.63) is 35.9 Å². The summed E-state index contributed by atoms with van der Waals surface area (Å²) in [5.41, 5.74) is -0.00903. The van der Waals surface area contributed by atoms with E-state index in [0.29, 0.717) is 6.42 Å². The second kappa shape index (κ2) is 9.47. The third kappa shape index (κ3) is 5.31. The van der Waals surface area contributed by atoms with Crippen molar-refractivity contribution in [1.82, 2.24) is 4.90 Å². The van der Waals surface area contributed by atoms with Gasteiger partial charge in [0.05, 0.1) is 18.6 Å². The van der Waals surface area contributed by atoms with E-state index in [0.717, 1.165) is 5.56 Å². The third-order valence-electron chi connectivity index (χ3n) is 7.11. The molecule has 0 radical (unpaired) electrons. The summed E-state index contributed by atoms with van der Waals surface area (Å²) in [6.07, 6.45) is -1.48. The Morgan fingerprint density at radius 1 is 1.12 bits per heavy atom. The zero-order chi connectivity index (χ0) is 24.5. The minimum atomic E-state index is -2.28. The van der Waals surface area contributed by atoms with Crippen LogP contribution < -0.4 is 0 Å². The zero-order valence-electron chi connectivity index (χ0n) is 21.0. The standard InChI is InChI=1S/C25H39NO5Si/c1-10-19(27)25(6,7)20(31-32(8,9)24(3,4)5)16-21(28)26-17(2)22(30-23(26)29)18-14-12-11-13-15-18/h11-15,17,20,22H,10,16H2,1-9H3/t17-,20+,22-/m1/s1. The summed E-state index contributed by atoms with van der Waals surface area (Å²) in [6, 6.07) is 8.97. The molecule has 0 bridgehead atoms. The number of amides is 2. The van der Waals surface area contributed by atoms with Gasteiger partial charge in [-0.1, -0.05) is 71.9 Å². The van der Waals surface area contributed by atoms with E-state index in [-0.39, 0.29) is 23.1 Å². The number of imide groups is 1. The van der Waals surface area contributed by atoms with Gasteiger partial charge in [-0.15, -0.1) is 0 Å². The van der Waals surface area contributed by atoms with Gasteiger partial charge in [-0.3, -0.25) is 9.59 Å². The SMILES string of the molecule is CCC(=O)C(C)(C)[C@H](CC(=O)N1C(=O)O[C@@H](c2ccccc2)[C@H]1C)O[Si](C)(C)C(C)(C)C. The minimum Gasteiger partial charge on any atom is -0.439 e. The van der Waals surface area contributed by atoms with Crippen LogP contribution in [0.4, 0.5) is 4.79 Å². The van der Waals surface area contributed by atoms with E-state index in [2.05, 4.69) is 33.9 Å². The first kappa shape index (κ1) is 26.3. The van der Waals surface area contributed by atoms with E-state index in [1.807, 2.05) is 58.0 Å². The first-order valence-electron chi connectivity index (χ1n) is 11.4. The summed E-state index contributed by atoms with van der Waals surface area (Å²) < 4.78 is 12.2. The van der Waals surface area contributed by atoms with Gasteiger partial charge in [0.1, 0.15) is 11.9 Å². The number of ketones is 1. The van der Waals surface area contributed by atoms with Crippen LogP contribution in [0.1, 0.15) is 73.0 Å². The van der Waals surface area contributed by atoms with Gasteiger partial charge >= 0.3 is 6.09 Å². The first-order chi connectivity index (χ1) is 14.6. The van der Waals surface area contributed by atoms with Crippen LogP contribution in [0.2, 0.25) is 18.1 Å². The Kier molecular flexibility index (Phi) is 7.77. The van der Waals surface area contributed by atoms with Gasteiger partial charge in [-0.2, -0.15) is 0 Å². The van der Waals surface area contributed by atoms with Gasteiger partial charge in [0.25, 0.3) is 0 Å². The molecule has 1 saturated heterocycles. The Morgan fingerprint density at radius 3 is 2.19 bits per heavy atom. The Hall–Kier alpha value is -1.99. The maximum absolute atomic E-state index is 13.4. The molecule has 1 aromatic rings. The van der Waals surface area contributed by atoms with E-state index in [4.69, 9.17) is 9.16 Å². The average molecular weight is 462 g/mol. The molecule has 6 nitrogen and oxygen atoms in total. The molecule has 0 spiro atoms. The van der Waals surface area contributed by atoms with E-state index in [1.54, 1.807) is 0 Å². The lowest BCUT2D eigenvalue weighted by Gasteiger charge is -2.43. The summed E-state index contributed by atoms with van der Waals surface area (Å²) in [5.74, 6) is -0.338. The first-order valence-corrected chi connectivity index (χ1v) is 14.3. The molecular weight excluding hydrogens is 422 g/mol. The number of ether oxygens (including phenoxy) is 1. The normalized spacial score (nSPS) is 20.8. The van der Waals surface area contributed by atoms with Crippen molar-refractivity contribution in [3.8, 4) is 0 Å². The molecule has 0 saturated carbocycles. The van der Waals surface area contributed by atoms with Crippen LogP contribution in [0, 0.1) is 5.41 Å². The number of Topliss-reactive ketones (excluding diaryl/α,β-unsaturated/α-hetero) is 1. The van der Waals surface area contributed by atoms with Crippen molar-refractivity contribution in [2.45, 2.75) is 97.7 Å².